The van der Waals surface area contributed by atoms with Crippen molar-refractivity contribution in [2.24, 2.45) is 5.92 Å². The van der Waals surface area contributed by atoms with E-state index >= 15 is 0 Å². The van der Waals surface area contributed by atoms with Gasteiger partial charge in [-0.2, -0.15) is 0 Å². The zero-order valence-corrected chi connectivity index (χ0v) is 17.9. The molecule has 2 aromatic rings. The summed E-state index contributed by atoms with van der Waals surface area (Å²) in [5, 5.41) is 0. The van der Waals surface area contributed by atoms with E-state index in [1.807, 2.05) is 6.07 Å². The summed E-state index contributed by atoms with van der Waals surface area (Å²) in [6.45, 7) is 0.764. The molecule has 4 rings (SSSR count). The van der Waals surface area contributed by atoms with Gasteiger partial charge in [0.15, 0.2) is 5.94 Å². The second kappa shape index (κ2) is 8.64. The second-order valence-corrected chi connectivity index (χ2v) is 9.74. The number of hydrogen-bond acceptors (Lipinski definition) is 4. The molecule has 1 amide bonds. The number of carbonyl (C=O) groups is 1. The number of rotatable bonds is 7. The molecule has 1 heterocycles. The molecule has 0 bridgehead atoms. The molecule has 0 aromatic heterocycles. The smallest absolute Gasteiger partial charge is 0.236 e. The molecule has 3 atom stereocenters. The summed E-state index contributed by atoms with van der Waals surface area (Å²) in [5.41, 5.74) is 1.14. The fourth-order valence-corrected chi connectivity index (χ4v) is 5.43. The molecule has 0 spiro atoms. The number of hydrogen-bond donors (Lipinski definition) is 1. The zero-order valence-electron chi connectivity index (χ0n) is 17.1. The molecule has 1 N–H and O–H groups in total. The van der Waals surface area contributed by atoms with Crippen molar-refractivity contribution in [3.63, 3.8) is 0 Å². The Morgan fingerprint density at radius 1 is 1.16 bits per heavy atom. The predicted molar refractivity (Wildman–Crippen MR) is 112 cm³/mol. The lowest BCUT2D eigenvalue weighted by Crippen LogP contribution is -2.40. The lowest BCUT2D eigenvalue weighted by atomic mass is 9.95. The van der Waals surface area contributed by atoms with Crippen molar-refractivity contribution in [3.8, 4) is 11.1 Å². The highest BCUT2D eigenvalue weighted by Crippen LogP contribution is 2.51. The third-order valence-corrected chi connectivity index (χ3v) is 7.06. The van der Waals surface area contributed by atoms with Gasteiger partial charge in [-0.05, 0) is 42.0 Å². The van der Waals surface area contributed by atoms with Crippen LogP contribution in [0.15, 0.2) is 42.5 Å². The van der Waals surface area contributed by atoms with Gasteiger partial charge in [0.05, 0.1) is 5.56 Å². The summed E-state index contributed by atoms with van der Waals surface area (Å²) < 4.78 is 59.7. The summed E-state index contributed by atoms with van der Waals surface area (Å²) in [7, 11) is -2.24. The molecule has 1 saturated heterocycles. The number of likely N-dealkylation sites (tertiary alicyclic amines) is 1. The molecule has 6 nitrogen and oxygen atoms in total. The number of carbonyl (C=O) groups excluding carboxylic acids is 1. The van der Waals surface area contributed by atoms with Crippen LogP contribution in [0, 0.1) is 17.6 Å². The Morgan fingerprint density at radius 2 is 1.87 bits per heavy atom. The minimum absolute atomic E-state index is 0.0535. The Bertz CT molecular complexity index is 1070. The van der Waals surface area contributed by atoms with Gasteiger partial charge in [0.25, 0.3) is 0 Å². The van der Waals surface area contributed by atoms with E-state index in [-0.39, 0.29) is 29.3 Å². The minimum atomic E-state index is -3.55. The standard InChI is InChI=1S/C22H24F2N2O4S/c1-30-13-31(28,29)25-14-9-10-26(12-14)22(27)18-11-17(18)15-5-2-3-6-16(15)21-19(23)7-4-8-20(21)24/h2-8,14,17-18,25H,9-13H2,1H3/t14-,17-,18+/m0/s1. The molecule has 166 valence electrons. The average Bonchev–Trinajstić information content (AvgIpc) is 3.38. The quantitative estimate of drug-likeness (QED) is 0.704. The molecule has 31 heavy (non-hydrogen) atoms. The van der Waals surface area contributed by atoms with Crippen LogP contribution in [0.5, 0.6) is 0 Å². The lowest BCUT2D eigenvalue weighted by molar-refractivity contribution is -0.131. The molecule has 2 fully saturated rings. The van der Waals surface area contributed by atoms with Crippen molar-refractivity contribution >= 4 is 15.9 Å². The van der Waals surface area contributed by atoms with Crippen LogP contribution in [-0.4, -0.2) is 51.4 Å². The maximum atomic E-state index is 14.4. The fraction of sp³-hybridized carbons (Fsp3) is 0.409. The number of benzene rings is 2. The SMILES string of the molecule is COCS(=O)(=O)N[C@H]1CCN(C(=O)[C@@H]2C[C@H]2c2ccccc2-c2c(F)cccc2F)C1. The number of nitrogens with zero attached hydrogens (tertiary/aromatic N) is 1. The highest BCUT2D eigenvalue weighted by molar-refractivity contribution is 7.89. The molecule has 9 heteroatoms. The largest absolute Gasteiger partial charge is 0.367 e. The molecule has 2 aromatic carbocycles. The molecule has 0 radical (unpaired) electrons. The van der Waals surface area contributed by atoms with Crippen molar-refractivity contribution in [2.45, 2.75) is 24.8 Å². The highest BCUT2D eigenvalue weighted by Gasteiger charge is 2.48. The first kappa shape index (κ1) is 21.9. The summed E-state index contributed by atoms with van der Waals surface area (Å²) in [4.78, 5) is 14.6. The van der Waals surface area contributed by atoms with E-state index in [0.717, 1.165) is 5.56 Å². The van der Waals surface area contributed by atoms with E-state index in [1.54, 1.807) is 23.1 Å². The number of amides is 1. The van der Waals surface area contributed by atoms with Gasteiger partial charge in [0, 0.05) is 32.2 Å². The number of methoxy groups -OCH3 is 1. The van der Waals surface area contributed by atoms with Crippen LogP contribution < -0.4 is 4.72 Å². The normalized spacial score (nSPS) is 23.2. The fourth-order valence-electron chi connectivity index (χ4n) is 4.35. The summed E-state index contributed by atoms with van der Waals surface area (Å²) in [6, 6.07) is 10.4. The molecule has 0 unspecified atom stereocenters. The molecular formula is C22H24F2N2O4S. The van der Waals surface area contributed by atoms with Gasteiger partial charge < -0.3 is 9.64 Å². The van der Waals surface area contributed by atoms with Crippen LogP contribution in [0.1, 0.15) is 24.3 Å². The van der Waals surface area contributed by atoms with Gasteiger partial charge in [0.1, 0.15) is 11.6 Å². The van der Waals surface area contributed by atoms with E-state index in [0.29, 0.717) is 31.5 Å². The number of ether oxygens (including phenoxy) is 1. The van der Waals surface area contributed by atoms with Gasteiger partial charge in [0.2, 0.25) is 15.9 Å². The highest BCUT2D eigenvalue weighted by atomic mass is 32.2. The summed E-state index contributed by atoms with van der Waals surface area (Å²) >= 11 is 0. The monoisotopic (exact) mass is 450 g/mol. The van der Waals surface area contributed by atoms with Gasteiger partial charge in [-0.15, -0.1) is 0 Å². The van der Waals surface area contributed by atoms with Crippen LogP contribution in [0.2, 0.25) is 0 Å². The van der Waals surface area contributed by atoms with Crippen LogP contribution in [-0.2, 0) is 19.6 Å². The van der Waals surface area contributed by atoms with E-state index in [2.05, 4.69) is 9.46 Å². The van der Waals surface area contributed by atoms with Crippen molar-refractivity contribution < 1.29 is 26.7 Å². The molecule has 2 aliphatic rings. The minimum Gasteiger partial charge on any atom is -0.367 e. The first-order chi connectivity index (χ1) is 14.8. The third kappa shape index (κ3) is 4.63. The Hall–Kier alpha value is -2.36. The third-order valence-electron chi connectivity index (χ3n) is 5.82. The van der Waals surface area contributed by atoms with Crippen molar-refractivity contribution in [2.75, 3.05) is 26.1 Å². The molecular weight excluding hydrogens is 426 g/mol. The molecule has 1 aliphatic carbocycles. The van der Waals surface area contributed by atoms with Crippen molar-refractivity contribution in [1.29, 1.82) is 0 Å². The Balaban J connectivity index is 1.46. The van der Waals surface area contributed by atoms with Crippen molar-refractivity contribution in [1.82, 2.24) is 9.62 Å². The van der Waals surface area contributed by atoms with Gasteiger partial charge in [-0.1, -0.05) is 30.3 Å². The number of nitrogens with one attached hydrogen (secondary N) is 1. The Morgan fingerprint density at radius 3 is 2.58 bits per heavy atom. The first-order valence-electron chi connectivity index (χ1n) is 10.1. The summed E-state index contributed by atoms with van der Waals surface area (Å²) in [5.74, 6) is -2.14. The van der Waals surface area contributed by atoms with Gasteiger partial charge >= 0.3 is 0 Å². The average molecular weight is 451 g/mol. The predicted octanol–water partition coefficient (Wildman–Crippen LogP) is 2.86. The molecule has 1 aliphatic heterocycles. The first-order valence-corrected chi connectivity index (χ1v) is 11.8. The van der Waals surface area contributed by atoms with E-state index in [4.69, 9.17) is 0 Å². The Labute approximate surface area is 180 Å². The van der Waals surface area contributed by atoms with Crippen molar-refractivity contribution in [3.05, 3.63) is 59.7 Å². The maximum absolute atomic E-state index is 14.4. The second-order valence-electron chi connectivity index (χ2n) is 8.04. The van der Waals surface area contributed by atoms with Crippen LogP contribution in [0.25, 0.3) is 11.1 Å². The van der Waals surface area contributed by atoms with E-state index in [1.165, 1.54) is 25.3 Å². The topological polar surface area (TPSA) is 75.7 Å². The lowest BCUT2D eigenvalue weighted by Gasteiger charge is -2.18. The van der Waals surface area contributed by atoms with Crippen LogP contribution >= 0.6 is 0 Å². The summed E-state index contributed by atoms with van der Waals surface area (Å²) in [6.07, 6.45) is 1.13. The van der Waals surface area contributed by atoms with Gasteiger partial charge in [-0.3, -0.25) is 4.79 Å². The molecule has 1 saturated carbocycles. The van der Waals surface area contributed by atoms with E-state index < -0.39 is 27.6 Å². The number of sulfonamides is 1. The zero-order chi connectivity index (χ0) is 22.2. The van der Waals surface area contributed by atoms with Crippen LogP contribution in [0.4, 0.5) is 8.78 Å². The Kier molecular flexibility index (Phi) is 6.09. The number of halogens is 2. The van der Waals surface area contributed by atoms with Crippen LogP contribution in [0.3, 0.4) is 0 Å². The van der Waals surface area contributed by atoms with E-state index in [9.17, 15) is 22.0 Å². The van der Waals surface area contributed by atoms with Gasteiger partial charge in [-0.25, -0.2) is 21.9 Å². The maximum Gasteiger partial charge on any atom is 0.236 e.